The quantitative estimate of drug-likeness (QED) is 0.603. The van der Waals surface area contributed by atoms with Crippen molar-refractivity contribution in [2.24, 2.45) is 0 Å². The highest BCUT2D eigenvalue weighted by atomic mass is 35.5. The van der Waals surface area contributed by atoms with E-state index in [9.17, 15) is 9.18 Å². The number of hydrogen-bond donors (Lipinski definition) is 1. The zero-order valence-corrected chi connectivity index (χ0v) is 15.0. The first kappa shape index (κ1) is 17.3. The molecule has 1 amide bonds. The standard InChI is InChI=1S/C22H15ClFNO2/c23-16-7-10-21-18(12-16)19(22(26)25-21)11-14-5-8-17(9-6-14)27-13-15-3-1-2-4-20(15)24/h1-12H,13H2,(H,25,26)/b19-11-. The highest BCUT2D eigenvalue weighted by Gasteiger charge is 2.24. The Morgan fingerprint density at radius 1 is 1.04 bits per heavy atom. The number of benzene rings is 3. The van der Waals surface area contributed by atoms with Crippen molar-refractivity contribution < 1.29 is 13.9 Å². The fraction of sp³-hybridized carbons (Fsp3) is 0.0455. The summed E-state index contributed by atoms with van der Waals surface area (Å²) in [7, 11) is 0. The van der Waals surface area contributed by atoms with Crippen LogP contribution in [-0.4, -0.2) is 5.91 Å². The second-order valence-corrected chi connectivity index (χ2v) is 6.59. The normalized spacial score (nSPS) is 14.1. The summed E-state index contributed by atoms with van der Waals surface area (Å²) in [5, 5.41) is 3.40. The third kappa shape index (κ3) is 3.71. The zero-order chi connectivity index (χ0) is 18.8. The summed E-state index contributed by atoms with van der Waals surface area (Å²) in [6.07, 6.45) is 1.80. The molecule has 0 saturated heterocycles. The molecule has 3 aromatic rings. The maximum Gasteiger partial charge on any atom is 0.256 e. The van der Waals surface area contributed by atoms with Crippen LogP contribution >= 0.6 is 11.6 Å². The summed E-state index contributed by atoms with van der Waals surface area (Å²) in [5.41, 5.74) is 3.45. The first-order chi connectivity index (χ1) is 13.1. The Bertz CT molecular complexity index is 1040. The molecule has 0 spiro atoms. The van der Waals surface area contributed by atoms with Crippen LogP contribution in [0.25, 0.3) is 11.6 Å². The lowest BCUT2D eigenvalue weighted by Gasteiger charge is -2.07. The summed E-state index contributed by atoms with van der Waals surface area (Å²) in [6.45, 7) is 0.154. The molecule has 0 saturated carbocycles. The van der Waals surface area contributed by atoms with Crippen LogP contribution < -0.4 is 10.1 Å². The van der Waals surface area contributed by atoms with Gasteiger partial charge in [-0.3, -0.25) is 4.79 Å². The first-order valence-corrected chi connectivity index (χ1v) is 8.77. The molecule has 0 unspecified atom stereocenters. The van der Waals surface area contributed by atoms with Gasteiger partial charge in [0, 0.05) is 27.4 Å². The minimum Gasteiger partial charge on any atom is -0.489 e. The fourth-order valence-corrected chi connectivity index (χ4v) is 3.08. The first-order valence-electron chi connectivity index (χ1n) is 8.39. The van der Waals surface area contributed by atoms with Gasteiger partial charge < -0.3 is 10.1 Å². The Morgan fingerprint density at radius 3 is 2.59 bits per heavy atom. The maximum absolute atomic E-state index is 13.6. The van der Waals surface area contributed by atoms with Crippen LogP contribution in [0.5, 0.6) is 5.75 Å². The van der Waals surface area contributed by atoms with Gasteiger partial charge in [0.2, 0.25) is 0 Å². The number of carbonyl (C=O) groups is 1. The molecule has 1 aliphatic rings. The van der Waals surface area contributed by atoms with E-state index in [-0.39, 0.29) is 18.3 Å². The van der Waals surface area contributed by atoms with Gasteiger partial charge in [-0.25, -0.2) is 4.39 Å². The summed E-state index contributed by atoms with van der Waals surface area (Å²) in [5.74, 6) is 0.176. The number of carbonyl (C=O) groups excluding carboxylic acids is 1. The second-order valence-electron chi connectivity index (χ2n) is 6.15. The molecule has 0 atom stereocenters. The van der Waals surface area contributed by atoms with Crippen LogP contribution in [-0.2, 0) is 11.4 Å². The molecule has 134 valence electrons. The summed E-state index contributed by atoms with van der Waals surface area (Å²) in [4.78, 5) is 12.2. The van der Waals surface area contributed by atoms with Gasteiger partial charge in [-0.05, 0) is 48.0 Å². The van der Waals surface area contributed by atoms with E-state index in [4.69, 9.17) is 16.3 Å². The van der Waals surface area contributed by atoms with Crippen LogP contribution in [0.4, 0.5) is 10.1 Å². The number of hydrogen-bond acceptors (Lipinski definition) is 2. The molecule has 0 bridgehead atoms. The average Bonchev–Trinajstić information content (AvgIpc) is 2.97. The highest BCUT2D eigenvalue weighted by molar-refractivity contribution is 6.36. The van der Waals surface area contributed by atoms with E-state index >= 15 is 0 Å². The lowest BCUT2D eigenvalue weighted by molar-refractivity contribution is -0.110. The van der Waals surface area contributed by atoms with Gasteiger partial charge in [0.25, 0.3) is 5.91 Å². The molecular weight excluding hydrogens is 365 g/mol. The van der Waals surface area contributed by atoms with E-state index in [1.165, 1.54) is 6.07 Å². The smallest absolute Gasteiger partial charge is 0.256 e. The summed E-state index contributed by atoms with van der Waals surface area (Å²) >= 11 is 6.05. The number of rotatable bonds is 4. The molecule has 1 N–H and O–H groups in total. The number of fused-ring (bicyclic) bond motifs is 1. The molecule has 0 aliphatic carbocycles. The third-order valence-corrected chi connectivity index (χ3v) is 4.54. The molecule has 0 fully saturated rings. The molecule has 0 radical (unpaired) electrons. The topological polar surface area (TPSA) is 38.3 Å². The number of amides is 1. The van der Waals surface area contributed by atoms with Gasteiger partial charge in [-0.1, -0.05) is 41.9 Å². The van der Waals surface area contributed by atoms with Gasteiger partial charge in [0.15, 0.2) is 0 Å². The fourth-order valence-electron chi connectivity index (χ4n) is 2.91. The highest BCUT2D eigenvalue weighted by Crippen LogP contribution is 2.35. The largest absolute Gasteiger partial charge is 0.489 e. The van der Waals surface area contributed by atoms with Crippen LogP contribution in [0.3, 0.4) is 0 Å². The van der Waals surface area contributed by atoms with E-state index in [1.54, 1.807) is 54.6 Å². The predicted octanol–water partition coefficient (Wildman–Crippen LogP) is 5.55. The maximum atomic E-state index is 13.6. The number of ether oxygens (including phenoxy) is 1. The van der Waals surface area contributed by atoms with Gasteiger partial charge >= 0.3 is 0 Å². The van der Waals surface area contributed by atoms with E-state index in [0.29, 0.717) is 21.9 Å². The minimum atomic E-state index is -0.288. The molecule has 0 aromatic heterocycles. The van der Waals surface area contributed by atoms with Crippen LogP contribution in [0.15, 0.2) is 66.7 Å². The Morgan fingerprint density at radius 2 is 1.81 bits per heavy atom. The number of nitrogens with one attached hydrogen (secondary N) is 1. The van der Waals surface area contributed by atoms with Gasteiger partial charge in [0.1, 0.15) is 18.2 Å². The van der Waals surface area contributed by atoms with Crippen molar-refractivity contribution in [2.45, 2.75) is 6.61 Å². The minimum absolute atomic E-state index is 0.154. The van der Waals surface area contributed by atoms with Crippen molar-refractivity contribution in [1.29, 1.82) is 0 Å². The number of anilines is 1. The van der Waals surface area contributed by atoms with Crippen molar-refractivity contribution in [3.8, 4) is 5.75 Å². The molecule has 4 rings (SSSR count). The number of halogens is 2. The van der Waals surface area contributed by atoms with Crippen molar-refractivity contribution in [2.75, 3.05) is 5.32 Å². The van der Waals surface area contributed by atoms with Crippen molar-refractivity contribution in [3.05, 3.63) is 94.3 Å². The molecular formula is C22H15ClFNO2. The second kappa shape index (κ2) is 7.25. The van der Waals surface area contributed by atoms with E-state index in [0.717, 1.165) is 16.8 Å². The van der Waals surface area contributed by atoms with Gasteiger partial charge in [-0.2, -0.15) is 0 Å². The molecule has 27 heavy (non-hydrogen) atoms. The zero-order valence-electron chi connectivity index (χ0n) is 14.2. The SMILES string of the molecule is O=C1Nc2ccc(Cl)cc2/C1=C/c1ccc(OCc2ccccc2F)cc1. The Hall–Kier alpha value is -3.11. The molecule has 1 heterocycles. The lowest BCUT2D eigenvalue weighted by atomic mass is 10.0. The monoisotopic (exact) mass is 379 g/mol. The van der Waals surface area contributed by atoms with Crippen molar-refractivity contribution in [3.63, 3.8) is 0 Å². The molecule has 1 aliphatic heterocycles. The van der Waals surface area contributed by atoms with E-state index in [1.807, 2.05) is 12.1 Å². The van der Waals surface area contributed by atoms with Gasteiger partial charge in [-0.15, -0.1) is 0 Å². The van der Waals surface area contributed by atoms with Crippen molar-refractivity contribution in [1.82, 2.24) is 0 Å². The molecule has 3 nitrogen and oxygen atoms in total. The third-order valence-electron chi connectivity index (χ3n) is 4.31. The molecule has 3 aromatic carbocycles. The Labute approximate surface area is 161 Å². The Balaban J connectivity index is 1.52. The van der Waals surface area contributed by atoms with Crippen LogP contribution in [0.1, 0.15) is 16.7 Å². The summed E-state index contributed by atoms with van der Waals surface area (Å²) < 4.78 is 19.3. The van der Waals surface area contributed by atoms with E-state index in [2.05, 4.69) is 5.32 Å². The van der Waals surface area contributed by atoms with E-state index < -0.39 is 0 Å². The molecule has 5 heteroatoms. The van der Waals surface area contributed by atoms with Crippen LogP contribution in [0.2, 0.25) is 5.02 Å². The van der Waals surface area contributed by atoms with Gasteiger partial charge in [0.05, 0.1) is 0 Å². The Kier molecular flexibility index (Phi) is 4.65. The van der Waals surface area contributed by atoms with Crippen LogP contribution in [0, 0.1) is 5.82 Å². The lowest BCUT2D eigenvalue weighted by Crippen LogP contribution is -2.03. The average molecular weight is 380 g/mol. The van der Waals surface area contributed by atoms with Crippen molar-refractivity contribution >= 4 is 34.8 Å². The summed E-state index contributed by atoms with van der Waals surface area (Å²) in [6, 6.07) is 19.1. The predicted molar refractivity (Wildman–Crippen MR) is 105 cm³/mol.